The minimum absolute atomic E-state index is 0.0686. The Bertz CT molecular complexity index is 756. The number of halogens is 3. The number of hydrogen-bond donors (Lipinski definition) is 1. The number of aromatic nitrogens is 2. The lowest BCUT2D eigenvalue weighted by Crippen LogP contribution is -2.12. The molecule has 0 fully saturated rings. The first-order chi connectivity index (χ1) is 12.3. The van der Waals surface area contributed by atoms with Crippen LogP contribution in [0.5, 0.6) is 0 Å². The SMILES string of the molecule is CCOC(=O)CSc1nccnc1N[C@@H](C)c1cccc(C(F)(F)F)c1. The molecule has 0 aliphatic rings. The van der Waals surface area contributed by atoms with Gasteiger partial charge in [-0.25, -0.2) is 9.97 Å². The number of alkyl halides is 3. The highest BCUT2D eigenvalue weighted by Gasteiger charge is 2.30. The van der Waals surface area contributed by atoms with Crippen LogP contribution in [0.15, 0.2) is 41.7 Å². The van der Waals surface area contributed by atoms with Crippen molar-refractivity contribution in [3.63, 3.8) is 0 Å². The topological polar surface area (TPSA) is 64.1 Å². The van der Waals surface area contributed by atoms with Gasteiger partial charge in [0.15, 0.2) is 5.82 Å². The number of ether oxygens (including phenoxy) is 1. The van der Waals surface area contributed by atoms with Crippen LogP contribution < -0.4 is 5.32 Å². The van der Waals surface area contributed by atoms with Gasteiger partial charge in [-0.2, -0.15) is 13.2 Å². The zero-order valence-corrected chi connectivity index (χ0v) is 15.0. The second kappa shape index (κ2) is 8.88. The van der Waals surface area contributed by atoms with Crippen molar-refractivity contribution >= 4 is 23.5 Å². The van der Waals surface area contributed by atoms with E-state index in [0.29, 0.717) is 16.4 Å². The van der Waals surface area contributed by atoms with Crippen molar-refractivity contribution in [2.75, 3.05) is 17.7 Å². The van der Waals surface area contributed by atoms with Gasteiger partial charge >= 0.3 is 12.1 Å². The summed E-state index contributed by atoms with van der Waals surface area (Å²) in [7, 11) is 0. The monoisotopic (exact) mass is 385 g/mol. The van der Waals surface area contributed by atoms with Crippen LogP contribution in [0.2, 0.25) is 0 Å². The van der Waals surface area contributed by atoms with Crippen LogP contribution in [0, 0.1) is 0 Å². The summed E-state index contributed by atoms with van der Waals surface area (Å²) in [4.78, 5) is 19.8. The molecular formula is C17H18F3N3O2S. The Morgan fingerprint density at radius 2 is 2.04 bits per heavy atom. The summed E-state index contributed by atoms with van der Waals surface area (Å²) in [6.45, 7) is 3.73. The smallest absolute Gasteiger partial charge is 0.416 e. The summed E-state index contributed by atoms with van der Waals surface area (Å²) in [6.07, 6.45) is -1.45. The Morgan fingerprint density at radius 1 is 1.31 bits per heavy atom. The van der Waals surface area contributed by atoms with Crippen LogP contribution in [0.25, 0.3) is 0 Å². The van der Waals surface area contributed by atoms with Gasteiger partial charge < -0.3 is 10.1 Å². The van der Waals surface area contributed by atoms with Gasteiger partial charge in [-0.05, 0) is 31.5 Å². The van der Waals surface area contributed by atoms with Crippen molar-refractivity contribution in [2.24, 2.45) is 0 Å². The number of thioether (sulfide) groups is 1. The number of carbonyl (C=O) groups excluding carboxylic acids is 1. The summed E-state index contributed by atoms with van der Waals surface area (Å²) < 4.78 is 43.5. The molecule has 1 aromatic heterocycles. The molecule has 0 bridgehead atoms. The van der Waals surface area contributed by atoms with Gasteiger partial charge in [0.2, 0.25) is 0 Å². The van der Waals surface area contributed by atoms with Gasteiger partial charge in [0.1, 0.15) is 5.03 Å². The van der Waals surface area contributed by atoms with Crippen LogP contribution in [-0.2, 0) is 15.7 Å². The Morgan fingerprint density at radius 3 is 2.73 bits per heavy atom. The molecule has 1 atom stereocenters. The first kappa shape index (κ1) is 20.0. The lowest BCUT2D eigenvalue weighted by molar-refractivity contribution is -0.140. The second-order valence-electron chi connectivity index (χ2n) is 5.29. The number of hydrogen-bond acceptors (Lipinski definition) is 6. The molecule has 9 heteroatoms. The number of anilines is 1. The van der Waals surface area contributed by atoms with Crippen molar-refractivity contribution in [3.8, 4) is 0 Å². The molecule has 0 saturated carbocycles. The maximum absolute atomic E-state index is 12.9. The van der Waals surface area contributed by atoms with E-state index in [1.807, 2.05) is 0 Å². The number of carbonyl (C=O) groups is 1. The summed E-state index contributed by atoms with van der Waals surface area (Å²) in [5.41, 5.74) is -0.244. The van der Waals surface area contributed by atoms with E-state index in [1.165, 1.54) is 18.5 Å². The van der Waals surface area contributed by atoms with E-state index in [1.54, 1.807) is 19.9 Å². The second-order valence-corrected chi connectivity index (χ2v) is 6.26. The molecule has 140 valence electrons. The summed E-state index contributed by atoms with van der Waals surface area (Å²) in [6, 6.07) is 4.66. The lowest BCUT2D eigenvalue weighted by Gasteiger charge is -2.18. The standard InChI is InChI=1S/C17H18F3N3O2S/c1-3-25-14(24)10-26-16-15(21-7-8-22-16)23-11(2)12-5-4-6-13(9-12)17(18,19)20/h4-9,11H,3,10H2,1-2H3,(H,21,23)/t11-/m0/s1. The average Bonchev–Trinajstić information content (AvgIpc) is 2.60. The number of rotatable bonds is 7. The van der Waals surface area contributed by atoms with Gasteiger partial charge in [-0.1, -0.05) is 23.9 Å². The quantitative estimate of drug-likeness (QED) is 0.566. The molecule has 1 N–H and O–H groups in total. The van der Waals surface area contributed by atoms with Crippen LogP contribution in [0.1, 0.15) is 31.0 Å². The van der Waals surface area contributed by atoms with Crippen LogP contribution >= 0.6 is 11.8 Å². The fourth-order valence-electron chi connectivity index (χ4n) is 2.13. The number of nitrogens with one attached hydrogen (secondary N) is 1. The van der Waals surface area contributed by atoms with Gasteiger partial charge in [0.25, 0.3) is 0 Å². The first-order valence-corrected chi connectivity index (χ1v) is 8.83. The first-order valence-electron chi connectivity index (χ1n) is 7.84. The average molecular weight is 385 g/mol. The van der Waals surface area contributed by atoms with Crippen LogP contribution in [0.4, 0.5) is 19.0 Å². The summed E-state index contributed by atoms with van der Waals surface area (Å²) >= 11 is 1.15. The summed E-state index contributed by atoms with van der Waals surface area (Å²) in [5, 5.41) is 3.52. The molecule has 0 aliphatic carbocycles. The van der Waals surface area contributed by atoms with Crippen molar-refractivity contribution in [3.05, 3.63) is 47.8 Å². The zero-order chi connectivity index (χ0) is 19.2. The Hall–Kier alpha value is -2.29. The molecule has 26 heavy (non-hydrogen) atoms. The number of esters is 1. The molecule has 2 aromatic rings. The predicted molar refractivity (Wildman–Crippen MR) is 92.9 cm³/mol. The Labute approximate surface area is 153 Å². The van der Waals surface area contributed by atoms with E-state index in [9.17, 15) is 18.0 Å². The van der Waals surface area contributed by atoms with E-state index in [2.05, 4.69) is 15.3 Å². The zero-order valence-electron chi connectivity index (χ0n) is 14.2. The largest absolute Gasteiger partial charge is 0.465 e. The van der Waals surface area contributed by atoms with Crippen molar-refractivity contribution in [2.45, 2.75) is 31.1 Å². The van der Waals surface area contributed by atoms with Gasteiger partial charge in [-0.3, -0.25) is 4.79 Å². The maximum Gasteiger partial charge on any atom is 0.416 e. The third-order valence-corrected chi connectivity index (χ3v) is 4.32. The van der Waals surface area contributed by atoms with E-state index >= 15 is 0 Å². The molecule has 0 amide bonds. The van der Waals surface area contributed by atoms with E-state index < -0.39 is 17.8 Å². The van der Waals surface area contributed by atoms with Crippen molar-refractivity contribution in [1.29, 1.82) is 0 Å². The number of benzene rings is 1. The van der Waals surface area contributed by atoms with Crippen molar-refractivity contribution < 1.29 is 22.7 Å². The molecule has 1 aromatic carbocycles. The highest BCUT2D eigenvalue weighted by atomic mass is 32.2. The van der Waals surface area contributed by atoms with E-state index in [-0.39, 0.29) is 18.3 Å². The highest BCUT2D eigenvalue weighted by molar-refractivity contribution is 8.00. The Balaban J connectivity index is 2.12. The molecule has 1 heterocycles. The normalized spacial score (nSPS) is 12.5. The van der Waals surface area contributed by atoms with Crippen LogP contribution in [0.3, 0.4) is 0 Å². The fourth-order valence-corrected chi connectivity index (χ4v) is 2.85. The van der Waals surface area contributed by atoms with Gasteiger partial charge in [0.05, 0.1) is 24.0 Å². The molecular weight excluding hydrogens is 367 g/mol. The van der Waals surface area contributed by atoms with Gasteiger partial charge in [-0.15, -0.1) is 0 Å². The highest BCUT2D eigenvalue weighted by Crippen LogP contribution is 2.32. The third-order valence-electron chi connectivity index (χ3n) is 3.36. The number of nitrogens with zero attached hydrogens (tertiary/aromatic N) is 2. The molecule has 2 rings (SSSR count). The minimum Gasteiger partial charge on any atom is -0.465 e. The molecule has 0 radical (unpaired) electrons. The van der Waals surface area contributed by atoms with Gasteiger partial charge in [0, 0.05) is 12.4 Å². The molecule has 0 aliphatic heterocycles. The maximum atomic E-state index is 12.9. The fraction of sp³-hybridized carbons (Fsp3) is 0.353. The lowest BCUT2D eigenvalue weighted by atomic mass is 10.0. The van der Waals surface area contributed by atoms with E-state index in [0.717, 1.165) is 23.9 Å². The molecule has 0 spiro atoms. The molecule has 0 saturated heterocycles. The van der Waals surface area contributed by atoms with E-state index in [4.69, 9.17) is 4.74 Å². The third kappa shape index (κ3) is 5.62. The molecule has 5 nitrogen and oxygen atoms in total. The Kier molecular flexibility index (Phi) is 6.84. The summed E-state index contributed by atoms with van der Waals surface area (Å²) in [5.74, 6) is 0.0887. The molecule has 0 unspecified atom stereocenters. The minimum atomic E-state index is -4.40. The predicted octanol–water partition coefficient (Wildman–Crippen LogP) is 4.32. The van der Waals surface area contributed by atoms with Crippen molar-refractivity contribution in [1.82, 2.24) is 9.97 Å². The van der Waals surface area contributed by atoms with Crippen LogP contribution in [-0.4, -0.2) is 28.3 Å².